The molecule has 0 spiro atoms. The van der Waals surface area contributed by atoms with E-state index in [1.807, 2.05) is 23.6 Å². The summed E-state index contributed by atoms with van der Waals surface area (Å²) in [6.07, 6.45) is 0. The Hall–Kier alpha value is -1.88. The van der Waals surface area contributed by atoms with E-state index in [0.29, 0.717) is 12.2 Å². The van der Waals surface area contributed by atoms with Gasteiger partial charge >= 0.3 is 5.97 Å². The average Bonchev–Trinajstić information content (AvgIpc) is 2.31. The molecule has 0 atom stereocenters. The highest BCUT2D eigenvalue weighted by atomic mass is 16.5. The first-order valence-corrected chi connectivity index (χ1v) is 4.81. The molecule has 3 N–H and O–H groups in total. The van der Waals surface area contributed by atoms with Crippen molar-refractivity contribution in [3.63, 3.8) is 0 Å². The molecule has 0 aliphatic heterocycles. The van der Waals surface area contributed by atoms with Crippen LogP contribution in [-0.2, 0) is 9.53 Å². The molecule has 1 rings (SSSR count). The predicted molar refractivity (Wildman–Crippen MR) is 60.4 cm³/mol. The summed E-state index contributed by atoms with van der Waals surface area (Å²) in [5.74, 6) is 4.10. The van der Waals surface area contributed by atoms with Crippen molar-refractivity contribution in [1.29, 1.82) is 0 Å². The van der Waals surface area contributed by atoms with E-state index < -0.39 is 0 Å². The van der Waals surface area contributed by atoms with Gasteiger partial charge in [0.05, 0.1) is 12.2 Å². The van der Waals surface area contributed by atoms with Gasteiger partial charge in [0, 0.05) is 6.92 Å². The minimum Gasteiger partial charge on any atom is -0.462 e. The molecule has 0 aliphatic carbocycles. The lowest BCUT2D eigenvalue weighted by atomic mass is 10.2. The molecule has 0 aliphatic rings. The molecule has 0 aromatic heterocycles. The Labute approximate surface area is 94.6 Å². The minimum absolute atomic E-state index is 0.218. The molecule has 5 nitrogen and oxygen atoms in total. The lowest BCUT2D eigenvalue weighted by Gasteiger charge is -1.99. The van der Waals surface area contributed by atoms with Crippen LogP contribution in [0.25, 0.3) is 0 Å². The van der Waals surface area contributed by atoms with Crippen LogP contribution in [0.2, 0.25) is 0 Å². The Morgan fingerprint density at radius 2 is 1.81 bits per heavy atom. The van der Waals surface area contributed by atoms with Crippen LogP contribution in [0.4, 0.5) is 0 Å². The highest BCUT2D eigenvalue weighted by Gasteiger charge is 2.02. The van der Waals surface area contributed by atoms with Crippen molar-refractivity contribution in [2.75, 3.05) is 6.61 Å². The molecule has 0 saturated heterocycles. The van der Waals surface area contributed by atoms with E-state index in [-0.39, 0.29) is 11.9 Å². The van der Waals surface area contributed by atoms with Crippen LogP contribution in [0.3, 0.4) is 0 Å². The van der Waals surface area contributed by atoms with E-state index >= 15 is 0 Å². The number of hydrazine groups is 1. The lowest BCUT2D eigenvalue weighted by molar-refractivity contribution is -0.119. The number of ether oxygens (including phenoxy) is 1. The predicted octanol–water partition coefficient (Wildman–Crippen LogP) is 0.859. The zero-order valence-corrected chi connectivity index (χ0v) is 9.40. The molecule has 0 fully saturated rings. The molecular formula is C11H16N2O3. The van der Waals surface area contributed by atoms with E-state index in [4.69, 9.17) is 4.74 Å². The first kappa shape index (κ1) is 14.1. The second-order valence-electron chi connectivity index (χ2n) is 2.79. The summed E-state index contributed by atoms with van der Waals surface area (Å²) in [5, 5.41) is 0. The standard InChI is InChI=1S/C9H10O2.C2H6N2O/c1-2-11-9(10)8-6-4-3-5-7-8;1-2(5)4-3/h3-7H,2H2,1H3;3H2,1H3,(H,4,5). The molecule has 0 radical (unpaired) electrons. The number of esters is 1. The fourth-order valence-electron chi connectivity index (χ4n) is 0.789. The van der Waals surface area contributed by atoms with Crippen LogP contribution in [0.5, 0.6) is 0 Å². The van der Waals surface area contributed by atoms with Gasteiger partial charge in [0.1, 0.15) is 0 Å². The Morgan fingerprint density at radius 3 is 2.19 bits per heavy atom. The third-order valence-electron chi connectivity index (χ3n) is 1.49. The number of rotatable bonds is 2. The second-order valence-corrected chi connectivity index (χ2v) is 2.79. The molecule has 16 heavy (non-hydrogen) atoms. The van der Waals surface area contributed by atoms with Crippen molar-refractivity contribution >= 4 is 11.9 Å². The quantitative estimate of drug-likeness (QED) is 0.338. The molecule has 1 amide bonds. The van der Waals surface area contributed by atoms with Gasteiger partial charge in [0.25, 0.3) is 0 Å². The number of nitrogens with one attached hydrogen (secondary N) is 1. The number of hydrogen-bond acceptors (Lipinski definition) is 4. The van der Waals surface area contributed by atoms with E-state index in [2.05, 4.69) is 5.84 Å². The second kappa shape index (κ2) is 8.43. The Morgan fingerprint density at radius 1 is 1.31 bits per heavy atom. The molecule has 1 aromatic rings. The molecular weight excluding hydrogens is 208 g/mol. The number of nitrogens with two attached hydrogens (primary N) is 1. The van der Waals surface area contributed by atoms with E-state index in [9.17, 15) is 9.59 Å². The van der Waals surface area contributed by atoms with Crippen LogP contribution in [0.15, 0.2) is 30.3 Å². The summed E-state index contributed by atoms with van der Waals surface area (Å²) in [6.45, 7) is 3.56. The topological polar surface area (TPSA) is 81.4 Å². The van der Waals surface area contributed by atoms with E-state index in [1.54, 1.807) is 19.1 Å². The third kappa shape index (κ3) is 6.56. The normalized spacial score (nSPS) is 8.44. The highest BCUT2D eigenvalue weighted by molar-refractivity contribution is 5.89. The van der Waals surface area contributed by atoms with Crippen molar-refractivity contribution < 1.29 is 14.3 Å². The van der Waals surface area contributed by atoms with Crippen molar-refractivity contribution in [3.8, 4) is 0 Å². The average molecular weight is 224 g/mol. The maximum Gasteiger partial charge on any atom is 0.338 e. The molecule has 5 heteroatoms. The summed E-state index contributed by atoms with van der Waals surface area (Å²) in [6, 6.07) is 8.96. The highest BCUT2D eigenvalue weighted by Crippen LogP contribution is 1.99. The zero-order valence-electron chi connectivity index (χ0n) is 9.40. The van der Waals surface area contributed by atoms with E-state index in [1.165, 1.54) is 6.92 Å². The lowest BCUT2D eigenvalue weighted by Crippen LogP contribution is -2.26. The summed E-state index contributed by atoms with van der Waals surface area (Å²) >= 11 is 0. The van der Waals surface area contributed by atoms with Gasteiger partial charge in [-0.1, -0.05) is 18.2 Å². The van der Waals surface area contributed by atoms with Crippen molar-refractivity contribution in [1.82, 2.24) is 5.43 Å². The smallest absolute Gasteiger partial charge is 0.338 e. The van der Waals surface area contributed by atoms with Crippen LogP contribution in [-0.4, -0.2) is 18.5 Å². The molecule has 0 heterocycles. The SMILES string of the molecule is CC(=O)NN.CCOC(=O)c1ccccc1. The van der Waals surface area contributed by atoms with Crippen LogP contribution in [0.1, 0.15) is 24.2 Å². The largest absolute Gasteiger partial charge is 0.462 e. The molecule has 0 saturated carbocycles. The van der Waals surface area contributed by atoms with Gasteiger partial charge in [-0.25, -0.2) is 10.6 Å². The van der Waals surface area contributed by atoms with Gasteiger partial charge in [-0.05, 0) is 19.1 Å². The van der Waals surface area contributed by atoms with E-state index in [0.717, 1.165) is 0 Å². The summed E-state index contributed by atoms with van der Waals surface area (Å²) in [4.78, 5) is 20.6. The van der Waals surface area contributed by atoms with Crippen LogP contribution >= 0.6 is 0 Å². The van der Waals surface area contributed by atoms with Crippen LogP contribution in [0, 0.1) is 0 Å². The molecule has 88 valence electrons. The Balaban J connectivity index is 0.000000385. The fraction of sp³-hybridized carbons (Fsp3) is 0.273. The Bertz CT molecular complexity index is 325. The third-order valence-corrected chi connectivity index (χ3v) is 1.49. The summed E-state index contributed by atoms with van der Waals surface area (Å²) < 4.78 is 4.79. The van der Waals surface area contributed by atoms with Gasteiger partial charge in [0.15, 0.2) is 0 Å². The maximum atomic E-state index is 11.0. The first-order chi connectivity index (χ1) is 7.61. The zero-order chi connectivity index (χ0) is 12.4. The van der Waals surface area contributed by atoms with Gasteiger partial charge in [0.2, 0.25) is 5.91 Å². The maximum absolute atomic E-state index is 11.0. The molecule has 0 unspecified atom stereocenters. The Kier molecular flexibility index (Phi) is 7.44. The summed E-state index contributed by atoms with van der Waals surface area (Å²) in [7, 11) is 0. The summed E-state index contributed by atoms with van der Waals surface area (Å²) in [5.41, 5.74) is 2.49. The van der Waals surface area contributed by atoms with Gasteiger partial charge < -0.3 is 4.74 Å². The van der Waals surface area contributed by atoms with Crippen molar-refractivity contribution in [2.24, 2.45) is 5.84 Å². The van der Waals surface area contributed by atoms with Crippen LogP contribution < -0.4 is 11.3 Å². The van der Waals surface area contributed by atoms with Gasteiger partial charge in [-0.2, -0.15) is 0 Å². The first-order valence-electron chi connectivity index (χ1n) is 4.81. The van der Waals surface area contributed by atoms with Crippen molar-refractivity contribution in [2.45, 2.75) is 13.8 Å². The number of carbonyl (C=O) groups excluding carboxylic acids is 2. The van der Waals surface area contributed by atoms with Gasteiger partial charge in [-0.15, -0.1) is 0 Å². The van der Waals surface area contributed by atoms with Gasteiger partial charge in [-0.3, -0.25) is 10.2 Å². The molecule has 0 bridgehead atoms. The number of amides is 1. The number of benzene rings is 1. The number of carbonyl (C=O) groups is 2. The fourth-order valence-corrected chi connectivity index (χ4v) is 0.789. The van der Waals surface area contributed by atoms with Crippen molar-refractivity contribution in [3.05, 3.63) is 35.9 Å². The monoisotopic (exact) mass is 224 g/mol. The minimum atomic E-state index is -0.256. The number of hydrogen-bond donors (Lipinski definition) is 2. The molecule has 1 aromatic carbocycles.